The third-order valence-corrected chi connectivity index (χ3v) is 3.57. The van der Waals surface area contributed by atoms with Gasteiger partial charge in [0.25, 0.3) is 0 Å². The number of benzene rings is 2. The maximum atomic E-state index is 5.86. The lowest BCUT2D eigenvalue weighted by Crippen LogP contribution is -2.06. The second kappa shape index (κ2) is 8.44. The Hall–Kier alpha value is -2.00. The van der Waals surface area contributed by atoms with E-state index in [0.717, 1.165) is 24.3 Å². The number of ether oxygens (including phenoxy) is 2. The molecule has 0 heterocycles. The highest BCUT2D eigenvalue weighted by Gasteiger charge is 2.02. The van der Waals surface area contributed by atoms with Crippen molar-refractivity contribution in [2.45, 2.75) is 26.7 Å². The highest BCUT2D eigenvalue weighted by molar-refractivity contribution is 5.39. The number of hydrogen-bond donors (Lipinski definition) is 1. The van der Waals surface area contributed by atoms with E-state index in [2.05, 4.69) is 44.2 Å². The van der Waals surface area contributed by atoms with Crippen molar-refractivity contribution in [3.8, 4) is 11.5 Å². The van der Waals surface area contributed by atoms with Crippen LogP contribution in [-0.2, 0) is 6.42 Å². The van der Waals surface area contributed by atoms with Crippen LogP contribution in [0, 0.1) is 13.8 Å². The first-order valence-electron chi connectivity index (χ1n) is 7.81. The number of hydrogen-bond acceptors (Lipinski definition) is 3. The maximum Gasteiger partial charge on any atom is 0.125 e. The molecular formula is C19H25NO2. The van der Waals surface area contributed by atoms with Gasteiger partial charge in [-0.05, 0) is 55.6 Å². The predicted octanol–water partition coefficient (Wildman–Crippen LogP) is 3.65. The lowest BCUT2D eigenvalue weighted by atomic mass is 10.1. The van der Waals surface area contributed by atoms with Gasteiger partial charge >= 0.3 is 0 Å². The van der Waals surface area contributed by atoms with Crippen LogP contribution >= 0.6 is 0 Å². The van der Waals surface area contributed by atoms with Crippen LogP contribution in [0.5, 0.6) is 11.5 Å². The second-order valence-corrected chi connectivity index (χ2v) is 5.45. The average Bonchev–Trinajstić information content (AvgIpc) is 2.51. The Morgan fingerprint density at radius 1 is 0.864 bits per heavy atom. The molecule has 2 N–H and O–H groups in total. The Kier molecular flexibility index (Phi) is 6.28. The van der Waals surface area contributed by atoms with E-state index in [4.69, 9.17) is 15.2 Å². The fourth-order valence-electron chi connectivity index (χ4n) is 2.37. The summed E-state index contributed by atoms with van der Waals surface area (Å²) in [5.41, 5.74) is 9.13. The first-order valence-corrected chi connectivity index (χ1v) is 7.81. The third-order valence-electron chi connectivity index (χ3n) is 3.57. The van der Waals surface area contributed by atoms with E-state index in [0.29, 0.717) is 19.8 Å². The lowest BCUT2D eigenvalue weighted by molar-refractivity contribution is 0.245. The van der Waals surface area contributed by atoms with E-state index < -0.39 is 0 Å². The Morgan fingerprint density at radius 2 is 1.50 bits per heavy atom. The zero-order chi connectivity index (χ0) is 15.8. The van der Waals surface area contributed by atoms with Crippen LogP contribution in [0.2, 0.25) is 0 Å². The molecule has 0 aromatic heterocycles. The first kappa shape index (κ1) is 16.4. The smallest absolute Gasteiger partial charge is 0.125 e. The summed E-state index contributed by atoms with van der Waals surface area (Å²) in [5, 5.41) is 0. The van der Waals surface area contributed by atoms with Crippen molar-refractivity contribution in [2.24, 2.45) is 5.73 Å². The largest absolute Gasteiger partial charge is 0.493 e. The van der Waals surface area contributed by atoms with E-state index in [1.807, 2.05) is 12.1 Å². The molecule has 0 saturated carbocycles. The van der Waals surface area contributed by atoms with Crippen LogP contribution in [0.4, 0.5) is 0 Å². The van der Waals surface area contributed by atoms with E-state index in [9.17, 15) is 0 Å². The SMILES string of the molecule is Cc1cccc(C)c1OCCCOc1ccc(CCN)cc1. The van der Waals surface area contributed by atoms with E-state index in [-0.39, 0.29) is 0 Å². The minimum Gasteiger partial charge on any atom is -0.493 e. The van der Waals surface area contributed by atoms with Gasteiger partial charge in [0.15, 0.2) is 0 Å². The van der Waals surface area contributed by atoms with Gasteiger partial charge in [-0.3, -0.25) is 0 Å². The van der Waals surface area contributed by atoms with Gasteiger partial charge in [-0.15, -0.1) is 0 Å². The van der Waals surface area contributed by atoms with Crippen LogP contribution in [0.25, 0.3) is 0 Å². The molecule has 2 aromatic rings. The summed E-state index contributed by atoms with van der Waals surface area (Å²) >= 11 is 0. The van der Waals surface area contributed by atoms with Crippen molar-refractivity contribution in [2.75, 3.05) is 19.8 Å². The molecule has 0 atom stereocenters. The molecule has 0 aliphatic carbocycles. The number of aryl methyl sites for hydroxylation is 2. The van der Waals surface area contributed by atoms with Gasteiger partial charge in [0, 0.05) is 6.42 Å². The summed E-state index contributed by atoms with van der Waals surface area (Å²) in [6.45, 7) is 6.14. The van der Waals surface area contributed by atoms with Crippen molar-refractivity contribution < 1.29 is 9.47 Å². The molecule has 3 heteroatoms. The van der Waals surface area contributed by atoms with Crippen LogP contribution in [-0.4, -0.2) is 19.8 Å². The molecule has 3 nitrogen and oxygen atoms in total. The average molecular weight is 299 g/mol. The van der Waals surface area contributed by atoms with E-state index in [1.165, 1.54) is 16.7 Å². The van der Waals surface area contributed by atoms with Gasteiger partial charge < -0.3 is 15.2 Å². The second-order valence-electron chi connectivity index (χ2n) is 5.45. The molecule has 0 saturated heterocycles. The molecule has 0 aliphatic heterocycles. The zero-order valence-corrected chi connectivity index (χ0v) is 13.5. The van der Waals surface area contributed by atoms with E-state index >= 15 is 0 Å². The highest BCUT2D eigenvalue weighted by Crippen LogP contribution is 2.22. The van der Waals surface area contributed by atoms with Crippen molar-refractivity contribution in [1.29, 1.82) is 0 Å². The number of rotatable bonds is 8. The Morgan fingerprint density at radius 3 is 2.14 bits per heavy atom. The molecule has 0 radical (unpaired) electrons. The molecule has 0 unspecified atom stereocenters. The molecule has 0 bridgehead atoms. The standard InChI is InChI=1S/C19H25NO2/c1-15-5-3-6-16(2)19(15)22-14-4-13-21-18-9-7-17(8-10-18)11-12-20/h3,5-10H,4,11-14,20H2,1-2H3. The molecule has 0 aliphatic rings. The van der Waals surface area contributed by atoms with Crippen LogP contribution in [0.3, 0.4) is 0 Å². The fraction of sp³-hybridized carbons (Fsp3) is 0.368. The molecule has 0 fully saturated rings. The normalized spacial score (nSPS) is 10.5. The molecule has 0 spiro atoms. The van der Waals surface area contributed by atoms with Gasteiger partial charge in [0.1, 0.15) is 11.5 Å². The number of nitrogens with two attached hydrogens (primary N) is 1. The zero-order valence-electron chi connectivity index (χ0n) is 13.5. The number of para-hydroxylation sites is 1. The predicted molar refractivity (Wildman–Crippen MR) is 90.7 cm³/mol. The Labute approximate surface area is 133 Å². The van der Waals surface area contributed by atoms with Crippen LogP contribution in [0.15, 0.2) is 42.5 Å². The third kappa shape index (κ3) is 4.78. The molecule has 0 amide bonds. The van der Waals surface area contributed by atoms with Crippen molar-refractivity contribution in [3.63, 3.8) is 0 Å². The van der Waals surface area contributed by atoms with Gasteiger partial charge in [0.2, 0.25) is 0 Å². The fourth-order valence-corrected chi connectivity index (χ4v) is 2.37. The summed E-state index contributed by atoms with van der Waals surface area (Å²) < 4.78 is 11.6. The van der Waals surface area contributed by atoms with Crippen molar-refractivity contribution in [3.05, 3.63) is 59.2 Å². The molecule has 118 valence electrons. The van der Waals surface area contributed by atoms with Crippen molar-refractivity contribution in [1.82, 2.24) is 0 Å². The minimum absolute atomic E-state index is 0.654. The quantitative estimate of drug-likeness (QED) is 0.757. The summed E-state index contributed by atoms with van der Waals surface area (Å²) in [6.07, 6.45) is 1.77. The summed E-state index contributed by atoms with van der Waals surface area (Å²) in [7, 11) is 0. The van der Waals surface area contributed by atoms with Gasteiger partial charge in [-0.1, -0.05) is 30.3 Å². The maximum absolute atomic E-state index is 5.86. The monoisotopic (exact) mass is 299 g/mol. The molecular weight excluding hydrogens is 274 g/mol. The topological polar surface area (TPSA) is 44.5 Å². The first-order chi connectivity index (χ1) is 10.7. The highest BCUT2D eigenvalue weighted by atomic mass is 16.5. The van der Waals surface area contributed by atoms with Crippen LogP contribution in [0.1, 0.15) is 23.1 Å². The molecule has 22 heavy (non-hydrogen) atoms. The summed E-state index contributed by atoms with van der Waals surface area (Å²) in [6, 6.07) is 14.3. The minimum atomic E-state index is 0.654. The van der Waals surface area contributed by atoms with Gasteiger partial charge in [-0.2, -0.15) is 0 Å². The summed E-state index contributed by atoms with van der Waals surface area (Å²) in [5.74, 6) is 1.89. The molecule has 2 rings (SSSR count). The Balaban J connectivity index is 1.71. The van der Waals surface area contributed by atoms with E-state index in [1.54, 1.807) is 0 Å². The van der Waals surface area contributed by atoms with Gasteiger partial charge in [-0.25, -0.2) is 0 Å². The van der Waals surface area contributed by atoms with Crippen LogP contribution < -0.4 is 15.2 Å². The van der Waals surface area contributed by atoms with Gasteiger partial charge in [0.05, 0.1) is 13.2 Å². The Bertz CT molecular complexity index is 558. The van der Waals surface area contributed by atoms with Crippen molar-refractivity contribution >= 4 is 0 Å². The summed E-state index contributed by atoms with van der Waals surface area (Å²) in [4.78, 5) is 0. The molecule has 2 aromatic carbocycles. The lowest BCUT2D eigenvalue weighted by Gasteiger charge is -2.12.